The molecule has 0 saturated heterocycles. The summed E-state index contributed by atoms with van der Waals surface area (Å²) in [5, 5.41) is 0.600. The molecule has 3 aromatic rings. The number of aryl methyl sites for hydroxylation is 1. The van der Waals surface area contributed by atoms with Crippen LogP contribution in [-0.4, -0.2) is 43.0 Å². The van der Waals surface area contributed by atoms with Gasteiger partial charge in [0.05, 0.1) is 15.8 Å². The van der Waals surface area contributed by atoms with Crippen LogP contribution in [0.1, 0.15) is 22.8 Å². The highest BCUT2D eigenvalue weighted by atomic mass is 35.5. The van der Waals surface area contributed by atoms with E-state index < -0.39 is 5.82 Å². The lowest BCUT2D eigenvalue weighted by atomic mass is 10.2. The fraction of sp³-hybridized carbons (Fsp3) is 0.300. The van der Waals surface area contributed by atoms with Gasteiger partial charge in [-0.1, -0.05) is 36.5 Å². The summed E-state index contributed by atoms with van der Waals surface area (Å²) >= 11 is 1.47. The van der Waals surface area contributed by atoms with Gasteiger partial charge in [-0.15, -0.1) is 12.4 Å². The van der Waals surface area contributed by atoms with Gasteiger partial charge in [0.25, 0.3) is 5.91 Å². The van der Waals surface area contributed by atoms with Gasteiger partial charge in [0.2, 0.25) is 0 Å². The van der Waals surface area contributed by atoms with Crippen LogP contribution in [0.3, 0.4) is 0 Å². The first-order chi connectivity index (χ1) is 12.5. The van der Waals surface area contributed by atoms with Crippen LogP contribution in [0.5, 0.6) is 0 Å². The highest BCUT2D eigenvalue weighted by molar-refractivity contribution is 7.22. The molecule has 0 atom stereocenters. The van der Waals surface area contributed by atoms with E-state index >= 15 is 0 Å². The molecule has 0 aliphatic carbocycles. The molecule has 7 heteroatoms. The third-order valence-electron chi connectivity index (χ3n) is 4.20. The van der Waals surface area contributed by atoms with Crippen LogP contribution in [0, 0.1) is 5.82 Å². The summed E-state index contributed by atoms with van der Waals surface area (Å²) in [4.78, 5) is 21.2. The Kier molecular flexibility index (Phi) is 7.30. The second kappa shape index (κ2) is 9.26. The SMILES string of the molecule is CCc1ccc2nc(N(CCN(C)C)C(=O)c3ccccc3F)sc2c1.Cl. The first kappa shape index (κ1) is 21.3. The molecule has 0 radical (unpaired) electrons. The van der Waals surface area contributed by atoms with Gasteiger partial charge in [0, 0.05) is 13.1 Å². The number of halogens is 2. The van der Waals surface area contributed by atoms with Crippen molar-refractivity contribution in [2.24, 2.45) is 0 Å². The molecular formula is C20H23ClFN3OS. The van der Waals surface area contributed by atoms with Crippen LogP contribution in [0.2, 0.25) is 0 Å². The second-order valence-electron chi connectivity index (χ2n) is 6.39. The summed E-state index contributed by atoms with van der Waals surface area (Å²) in [5.41, 5.74) is 2.16. The molecule has 1 aromatic heterocycles. The maximum Gasteiger partial charge on any atom is 0.263 e. The van der Waals surface area contributed by atoms with Crippen molar-refractivity contribution in [3.05, 3.63) is 59.4 Å². The fourth-order valence-corrected chi connectivity index (χ4v) is 3.71. The van der Waals surface area contributed by atoms with Gasteiger partial charge in [-0.05, 0) is 50.3 Å². The van der Waals surface area contributed by atoms with E-state index in [-0.39, 0.29) is 23.9 Å². The minimum absolute atomic E-state index is 0. The number of carbonyl (C=O) groups excluding carboxylic acids is 1. The zero-order valence-corrected chi connectivity index (χ0v) is 17.2. The highest BCUT2D eigenvalue weighted by Gasteiger charge is 2.23. The van der Waals surface area contributed by atoms with Crippen molar-refractivity contribution in [1.29, 1.82) is 0 Å². The number of rotatable bonds is 6. The molecule has 0 aliphatic rings. The standard InChI is InChI=1S/C20H22FN3OS.ClH/c1-4-14-9-10-17-18(13-14)26-20(22-17)24(12-11-23(2)3)19(25)15-7-5-6-8-16(15)21;/h5-10,13H,4,11-12H2,1-3H3;1H. The molecule has 0 unspecified atom stereocenters. The monoisotopic (exact) mass is 407 g/mol. The molecule has 3 rings (SSSR count). The summed E-state index contributed by atoms with van der Waals surface area (Å²) in [5.74, 6) is -0.874. The summed E-state index contributed by atoms with van der Waals surface area (Å²) in [6.45, 7) is 3.21. The highest BCUT2D eigenvalue weighted by Crippen LogP contribution is 2.30. The van der Waals surface area contributed by atoms with Crippen LogP contribution in [0.25, 0.3) is 10.2 Å². The molecule has 0 fully saturated rings. The molecule has 27 heavy (non-hydrogen) atoms. The topological polar surface area (TPSA) is 36.4 Å². The van der Waals surface area contributed by atoms with Crippen LogP contribution in [0.4, 0.5) is 9.52 Å². The summed E-state index contributed by atoms with van der Waals surface area (Å²) in [7, 11) is 3.88. The average molecular weight is 408 g/mol. The van der Waals surface area contributed by atoms with Crippen molar-refractivity contribution in [2.75, 3.05) is 32.1 Å². The predicted molar refractivity (Wildman–Crippen MR) is 113 cm³/mol. The Balaban J connectivity index is 0.00000261. The number of benzene rings is 2. The molecular weight excluding hydrogens is 385 g/mol. The van der Waals surface area contributed by atoms with E-state index in [1.54, 1.807) is 17.0 Å². The number of thiazole rings is 1. The maximum absolute atomic E-state index is 14.1. The van der Waals surface area contributed by atoms with Crippen molar-refractivity contribution in [3.8, 4) is 0 Å². The van der Waals surface area contributed by atoms with E-state index in [2.05, 4.69) is 24.0 Å². The van der Waals surface area contributed by atoms with Crippen LogP contribution in [-0.2, 0) is 6.42 Å². The molecule has 144 valence electrons. The zero-order valence-electron chi connectivity index (χ0n) is 15.6. The minimum atomic E-state index is -0.512. The van der Waals surface area contributed by atoms with E-state index in [1.165, 1.54) is 29.0 Å². The molecule has 0 spiro atoms. The normalized spacial score (nSPS) is 10.9. The molecule has 0 bridgehead atoms. The van der Waals surface area contributed by atoms with Gasteiger partial charge in [-0.25, -0.2) is 9.37 Å². The lowest BCUT2D eigenvalue weighted by molar-refractivity contribution is 0.0981. The smallest absolute Gasteiger partial charge is 0.263 e. The number of nitrogens with zero attached hydrogens (tertiary/aromatic N) is 3. The van der Waals surface area contributed by atoms with Crippen LogP contribution < -0.4 is 4.90 Å². The number of carbonyl (C=O) groups is 1. The average Bonchev–Trinajstić information content (AvgIpc) is 3.04. The van der Waals surface area contributed by atoms with E-state index in [9.17, 15) is 9.18 Å². The fourth-order valence-electron chi connectivity index (χ4n) is 2.66. The molecule has 1 amide bonds. The Morgan fingerprint density at radius 2 is 1.89 bits per heavy atom. The van der Waals surface area contributed by atoms with Gasteiger partial charge in [0.15, 0.2) is 5.13 Å². The lowest BCUT2D eigenvalue weighted by Gasteiger charge is -2.22. The quantitative estimate of drug-likeness (QED) is 0.597. The van der Waals surface area contributed by atoms with Gasteiger partial charge < -0.3 is 4.90 Å². The van der Waals surface area contributed by atoms with Crippen molar-refractivity contribution in [2.45, 2.75) is 13.3 Å². The predicted octanol–water partition coefficient (Wildman–Crippen LogP) is 4.63. The van der Waals surface area contributed by atoms with Crippen molar-refractivity contribution in [3.63, 3.8) is 0 Å². The summed E-state index contributed by atoms with van der Waals surface area (Å²) < 4.78 is 15.2. The summed E-state index contributed by atoms with van der Waals surface area (Å²) in [6, 6.07) is 12.2. The van der Waals surface area contributed by atoms with Gasteiger partial charge in [-0.2, -0.15) is 0 Å². The first-order valence-corrected chi connectivity index (χ1v) is 9.42. The first-order valence-electron chi connectivity index (χ1n) is 8.60. The molecule has 0 aliphatic heterocycles. The van der Waals surface area contributed by atoms with E-state index in [1.807, 2.05) is 25.1 Å². The van der Waals surface area contributed by atoms with Gasteiger partial charge in [-0.3, -0.25) is 9.69 Å². The van der Waals surface area contributed by atoms with E-state index in [0.29, 0.717) is 18.2 Å². The number of amides is 1. The molecule has 0 saturated carbocycles. The third-order valence-corrected chi connectivity index (χ3v) is 5.24. The number of anilines is 1. The van der Waals surface area contributed by atoms with Gasteiger partial charge in [0.1, 0.15) is 5.82 Å². The van der Waals surface area contributed by atoms with Gasteiger partial charge >= 0.3 is 0 Å². The summed E-state index contributed by atoms with van der Waals surface area (Å²) in [6.07, 6.45) is 0.946. The zero-order chi connectivity index (χ0) is 18.7. The number of hydrogen-bond acceptors (Lipinski definition) is 4. The maximum atomic E-state index is 14.1. The van der Waals surface area contributed by atoms with E-state index in [4.69, 9.17) is 0 Å². The largest absolute Gasteiger partial charge is 0.308 e. The second-order valence-corrected chi connectivity index (χ2v) is 7.40. The van der Waals surface area contributed by atoms with Crippen LogP contribution in [0.15, 0.2) is 42.5 Å². The number of hydrogen-bond donors (Lipinski definition) is 0. The van der Waals surface area contributed by atoms with Crippen molar-refractivity contribution >= 4 is 45.0 Å². The van der Waals surface area contributed by atoms with E-state index in [0.717, 1.165) is 16.6 Å². The molecule has 2 aromatic carbocycles. The lowest BCUT2D eigenvalue weighted by Crippen LogP contribution is -2.37. The number of aromatic nitrogens is 1. The minimum Gasteiger partial charge on any atom is -0.308 e. The van der Waals surface area contributed by atoms with Crippen molar-refractivity contribution in [1.82, 2.24) is 9.88 Å². The Hall–Kier alpha value is -2.02. The Morgan fingerprint density at radius 1 is 1.15 bits per heavy atom. The Bertz CT molecular complexity index is 928. The third kappa shape index (κ3) is 4.83. The van der Waals surface area contributed by atoms with Crippen molar-refractivity contribution < 1.29 is 9.18 Å². The van der Waals surface area contributed by atoms with Crippen LogP contribution >= 0.6 is 23.7 Å². The Morgan fingerprint density at radius 3 is 2.56 bits per heavy atom. The molecule has 1 heterocycles. The number of likely N-dealkylation sites (N-methyl/N-ethyl adjacent to an activating group) is 1. The number of fused-ring (bicyclic) bond motifs is 1. The molecule has 0 N–H and O–H groups in total. The Labute approximate surface area is 169 Å². The molecule has 4 nitrogen and oxygen atoms in total.